The molecule has 2 fully saturated rings. The highest BCUT2D eigenvalue weighted by Crippen LogP contribution is 2.46. The van der Waals surface area contributed by atoms with Crippen LogP contribution in [0.2, 0.25) is 0 Å². The molecular formula is C37H46F4N4O6. The quantitative estimate of drug-likeness (QED) is 0.104. The highest BCUT2D eigenvalue weighted by molar-refractivity contribution is 6.04. The Hall–Kier alpha value is -4.04. The molecule has 2 aromatic carbocycles. The Bertz CT molecular complexity index is 1570. The lowest BCUT2D eigenvalue weighted by atomic mass is 9.94. The molecule has 5 rings (SSSR count). The average molecular weight is 719 g/mol. The van der Waals surface area contributed by atoms with Gasteiger partial charge >= 0.3 is 12.3 Å². The molecule has 3 amide bonds. The van der Waals surface area contributed by atoms with Crippen molar-refractivity contribution in [1.82, 2.24) is 15.1 Å². The third kappa shape index (κ3) is 9.26. The molecule has 1 saturated carbocycles. The number of aliphatic hydroxyl groups is 1. The zero-order chi connectivity index (χ0) is 36.8. The summed E-state index contributed by atoms with van der Waals surface area (Å²) < 4.78 is 60.3. The van der Waals surface area contributed by atoms with Gasteiger partial charge in [-0.3, -0.25) is 19.3 Å². The van der Waals surface area contributed by atoms with E-state index in [0.29, 0.717) is 58.3 Å². The van der Waals surface area contributed by atoms with Crippen molar-refractivity contribution in [2.75, 3.05) is 25.0 Å². The standard InChI is InChI=1S/C37H46F4N4O6/c1-24(37(39,40)41)44(22-25-10-12-28(38)13-11-25)33(48)23-45-34(49)36(51-35(45)50)18-16-27-21-29(14-15-30(27)36)42-20-17-32(47)43-19-6-2-3-9-31(46)26-7-4-5-8-26/h10-15,21,24,26,33,42,48H,2-9,16-20,22-23H2,1H3,(H,43,47)/t24-,33?,36+/m0/s1. The maximum absolute atomic E-state index is 13.8. The minimum atomic E-state index is -4.74. The number of halogens is 4. The van der Waals surface area contributed by atoms with Gasteiger partial charge in [0.1, 0.15) is 23.9 Å². The molecule has 1 aliphatic heterocycles. The van der Waals surface area contributed by atoms with Crippen LogP contribution in [-0.4, -0.2) is 76.7 Å². The number of alkyl halides is 3. The van der Waals surface area contributed by atoms with Crippen molar-refractivity contribution in [2.45, 2.75) is 108 Å². The SMILES string of the molecule is C[C@H](N(Cc1ccc(F)cc1)C(O)CN1C(=O)O[C@@]2(CCc3cc(NCCC(=O)NCCCCCC(=O)C4CCCC4)ccc32)C1=O)C(F)(F)F. The number of ether oxygens (including phenoxy) is 1. The number of carbonyl (C=O) groups excluding carboxylic acids is 4. The number of aryl methyl sites for hydroxylation is 1. The van der Waals surface area contributed by atoms with E-state index < -0.39 is 55.0 Å². The van der Waals surface area contributed by atoms with E-state index in [9.17, 15) is 41.8 Å². The predicted molar refractivity (Wildman–Crippen MR) is 180 cm³/mol. The first-order valence-corrected chi connectivity index (χ1v) is 17.7. The van der Waals surface area contributed by atoms with Crippen molar-refractivity contribution in [1.29, 1.82) is 0 Å². The van der Waals surface area contributed by atoms with Crippen LogP contribution in [0.4, 0.5) is 28.0 Å². The molecule has 2 aliphatic carbocycles. The van der Waals surface area contributed by atoms with Crippen LogP contribution in [0.25, 0.3) is 0 Å². The van der Waals surface area contributed by atoms with Crippen LogP contribution in [0, 0.1) is 11.7 Å². The maximum Gasteiger partial charge on any atom is 0.418 e. The van der Waals surface area contributed by atoms with Gasteiger partial charge in [0.2, 0.25) is 11.5 Å². The van der Waals surface area contributed by atoms with Gasteiger partial charge in [-0.15, -0.1) is 0 Å². The van der Waals surface area contributed by atoms with E-state index in [-0.39, 0.29) is 24.7 Å². The summed E-state index contributed by atoms with van der Waals surface area (Å²) in [5.41, 5.74) is 0.530. The van der Waals surface area contributed by atoms with Crippen LogP contribution in [0.1, 0.15) is 87.8 Å². The zero-order valence-electron chi connectivity index (χ0n) is 28.8. The van der Waals surface area contributed by atoms with Crippen molar-refractivity contribution >= 4 is 29.4 Å². The third-order valence-electron chi connectivity index (χ3n) is 10.3. The number of amides is 3. The average Bonchev–Trinajstić information content (AvgIpc) is 3.81. The molecule has 3 aliphatic rings. The molecule has 0 radical (unpaired) electrons. The second-order valence-corrected chi connectivity index (χ2v) is 13.8. The Morgan fingerprint density at radius 1 is 1.04 bits per heavy atom. The highest BCUT2D eigenvalue weighted by Gasteiger charge is 2.58. The largest absolute Gasteiger partial charge is 0.427 e. The molecule has 3 N–H and O–H groups in total. The fraction of sp³-hybridized carbons (Fsp3) is 0.568. The summed E-state index contributed by atoms with van der Waals surface area (Å²) in [7, 11) is 0. The zero-order valence-corrected chi connectivity index (χ0v) is 28.8. The minimum Gasteiger partial charge on any atom is -0.427 e. The second kappa shape index (κ2) is 16.5. The van der Waals surface area contributed by atoms with E-state index in [2.05, 4.69) is 10.6 Å². The first kappa shape index (κ1) is 38.2. The Morgan fingerprint density at radius 3 is 2.47 bits per heavy atom. The molecule has 0 aromatic heterocycles. The van der Waals surface area contributed by atoms with E-state index in [1.165, 1.54) is 12.1 Å². The molecular weight excluding hydrogens is 672 g/mol. The highest BCUT2D eigenvalue weighted by atomic mass is 19.4. The summed E-state index contributed by atoms with van der Waals surface area (Å²) in [6.07, 6.45) is 0.532. The van der Waals surface area contributed by atoms with Crippen LogP contribution < -0.4 is 10.6 Å². The topological polar surface area (TPSA) is 128 Å². The molecule has 1 heterocycles. The number of anilines is 1. The van der Waals surface area contributed by atoms with Crippen molar-refractivity contribution < 1.29 is 46.6 Å². The summed E-state index contributed by atoms with van der Waals surface area (Å²) in [6.45, 7) is 0.572. The Kier molecular flexibility index (Phi) is 12.4. The monoisotopic (exact) mass is 718 g/mol. The van der Waals surface area contributed by atoms with Gasteiger partial charge in [0, 0.05) is 56.1 Å². The Labute approximate surface area is 294 Å². The van der Waals surface area contributed by atoms with E-state index in [1.807, 2.05) is 6.07 Å². The van der Waals surface area contributed by atoms with Gasteiger partial charge < -0.3 is 20.5 Å². The van der Waals surface area contributed by atoms with Gasteiger partial charge in [-0.2, -0.15) is 13.2 Å². The number of aliphatic hydroxyl groups excluding tert-OH is 1. The fourth-order valence-corrected chi connectivity index (χ4v) is 7.23. The van der Waals surface area contributed by atoms with Gasteiger partial charge in [-0.25, -0.2) is 14.1 Å². The van der Waals surface area contributed by atoms with Crippen molar-refractivity contribution in [3.8, 4) is 0 Å². The van der Waals surface area contributed by atoms with Gasteiger partial charge in [0.15, 0.2) is 0 Å². The lowest BCUT2D eigenvalue weighted by molar-refractivity contribution is -0.204. The number of nitrogens with one attached hydrogen (secondary N) is 2. The molecule has 2 aromatic rings. The number of unbranched alkanes of at least 4 members (excludes halogenated alkanes) is 2. The molecule has 278 valence electrons. The normalized spacial score (nSPS) is 20.2. The molecule has 10 nitrogen and oxygen atoms in total. The van der Waals surface area contributed by atoms with E-state index in [1.54, 1.807) is 12.1 Å². The number of β-amino-alcohol motifs (C(OH)–C–C–N with tert-alkyl or cyclic N) is 1. The molecule has 3 atom stereocenters. The lowest BCUT2D eigenvalue weighted by Crippen LogP contribution is -2.53. The first-order valence-electron chi connectivity index (χ1n) is 17.7. The van der Waals surface area contributed by atoms with Crippen LogP contribution in [0.3, 0.4) is 0 Å². The van der Waals surface area contributed by atoms with Crippen LogP contribution in [0.15, 0.2) is 42.5 Å². The van der Waals surface area contributed by atoms with E-state index >= 15 is 0 Å². The van der Waals surface area contributed by atoms with Gasteiger partial charge in [0.25, 0.3) is 5.91 Å². The van der Waals surface area contributed by atoms with Gasteiger partial charge in [-0.05, 0) is 74.4 Å². The van der Waals surface area contributed by atoms with Crippen LogP contribution in [-0.2, 0) is 37.7 Å². The molecule has 51 heavy (non-hydrogen) atoms. The first-order chi connectivity index (χ1) is 24.3. The number of hydrogen-bond donors (Lipinski definition) is 3. The van der Waals surface area contributed by atoms with Crippen LogP contribution >= 0.6 is 0 Å². The number of rotatable bonds is 17. The minimum absolute atomic E-state index is 0.101. The number of nitrogens with zero attached hydrogens (tertiary/aromatic N) is 2. The second-order valence-electron chi connectivity index (χ2n) is 13.8. The summed E-state index contributed by atoms with van der Waals surface area (Å²) in [6, 6.07) is 7.77. The Balaban J connectivity index is 1.10. The smallest absolute Gasteiger partial charge is 0.418 e. The number of Topliss-reactive ketones (excluding diaryl/α,β-unsaturated/α-hetero) is 1. The number of fused-ring (bicyclic) bond motifs is 2. The van der Waals surface area contributed by atoms with E-state index in [4.69, 9.17) is 4.74 Å². The number of ketones is 1. The van der Waals surface area contributed by atoms with Crippen LogP contribution in [0.5, 0.6) is 0 Å². The molecule has 1 unspecified atom stereocenters. The predicted octanol–water partition coefficient (Wildman–Crippen LogP) is 5.96. The number of hydrogen-bond acceptors (Lipinski definition) is 8. The fourth-order valence-electron chi connectivity index (χ4n) is 7.23. The van der Waals surface area contributed by atoms with Crippen molar-refractivity contribution in [3.63, 3.8) is 0 Å². The van der Waals surface area contributed by atoms with Gasteiger partial charge in [0.05, 0.1) is 6.54 Å². The Morgan fingerprint density at radius 2 is 1.76 bits per heavy atom. The third-order valence-corrected chi connectivity index (χ3v) is 10.3. The van der Waals surface area contributed by atoms with Crippen molar-refractivity contribution in [2.24, 2.45) is 5.92 Å². The molecule has 1 saturated heterocycles. The summed E-state index contributed by atoms with van der Waals surface area (Å²) in [4.78, 5) is 52.5. The number of imide groups is 1. The van der Waals surface area contributed by atoms with E-state index in [0.717, 1.165) is 69.6 Å². The summed E-state index contributed by atoms with van der Waals surface area (Å²) >= 11 is 0. The van der Waals surface area contributed by atoms with Crippen molar-refractivity contribution in [3.05, 3.63) is 65.0 Å². The van der Waals surface area contributed by atoms with Gasteiger partial charge in [-0.1, -0.05) is 37.5 Å². The maximum atomic E-state index is 13.8. The number of benzene rings is 2. The number of carbonyl (C=O) groups is 4. The summed E-state index contributed by atoms with van der Waals surface area (Å²) in [5, 5.41) is 17.1. The summed E-state index contributed by atoms with van der Waals surface area (Å²) in [5.74, 6) is -0.819. The lowest BCUT2D eigenvalue weighted by Gasteiger charge is -2.35. The molecule has 14 heteroatoms. The molecule has 0 bridgehead atoms. The molecule has 1 spiro atoms.